The van der Waals surface area contributed by atoms with Crippen LogP contribution >= 0.6 is 0 Å². The van der Waals surface area contributed by atoms with E-state index >= 15 is 0 Å². The van der Waals surface area contributed by atoms with Crippen molar-refractivity contribution in [2.45, 2.75) is 20.3 Å². The maximum absolute atomic E-state index is 12.9. The van der Waals surface area contributed by atoms with Gasteiger partial charge in [-0.3, -0.25) is 14.4 Å². The van der Waals surface area contributed by atoms with Crippen molar-refractivity contribution in [1.82, 2.24) is 9.88 Å². The minimum absolute atomic E-state index is 0.0368. The number of hydrogen-bond donors (Lipinski definition) is 2. The van der Waals surface area contributed by atoms with E-state index in [1.807, 2.05) is 12.1 Å². The van der Waals surface area contributed by atoms with E-state index in [4.69, 9.17) is 11.2 Å². The van der Waals surface area contributed by atoms with Crippen LogP contribution in [-0.4, -0.2) is 35.3 Å². The molecule has 144 valence electrons. The molecule has 7 heteroatoms. The van der Waals surface area contributed by atoms with Crippen LogP contribution in [0.1, 0.15) is 37.7 Å². The summed E-state index contributed by atoms with van der Waals surface area (Å²) in [7, 11) is 1.68. The SMILES string of the molecule is C#CCNC(=O)C(=O)c1c(C)c(C(=O)Nc2ccc3c(c2)CCO3)n(C)c1C. The van der Waals surface area contributed by atoms with Crippen molar-refractivity contribution >= 4 is 23.3 Å². The third-order valence-corrected chi connectivity index (χ3v) is 4.88. The molecule has 0 aliphatic carbocycles. The number of ketones is 1. The Balaban J connectivity index is 1.88. The first kappa shape index (κ1) is 19.2. The summed E-state index contributed by atoms with van der Waals surface area (Å²) in [5.41, 5.74) is 3.20. The molecular formula is C21H21N3O4. The van der Waals surface area contributed by atoms with E-state index in [0.29, 0.717) is 29.2 Å². The van der Waals surface area contributed by atoms with E-state index in [9.17, 15) is 14.4 Å². The lowest BCUT2D eigenvalue weighted by Crippen LogP contribution is -2.31. The third kappa shape index (κ3) is 3.37. The molecule has 2 amide bonds. The molecule has 2 N–H and O–H groups in total. The number of anilines is 1. The molecule has 28 heavy (non-hydrogen) atoms. The second kappa shape index (κ2) is 7.61. The van der Waals surface area contributed by atoms with E-state index < -0.39 is 11.7 Å². The number of carbonyl (C=O) groups excluding carboxylic acids is 3. The highest BCUT2D eigenvalue weighted by atomic mass is 16.5. The number of nitrogens with one attached hydrogen (secondary N) is 2. The van der Waals surface area contributed by atoms with Gasteiger partial charge < -0.3 is 19.9 Å². The summed E-state index contributed by atoms with van der Waals surface area (Å²) in [6.45, 7) is 3.94. The van der Waals surface area contributed by atoms with Crippen LogP contribution in [-0.2, 0) is 18.3 Å². The summed E-state index contributed by atoms with van der Waals surface area (Å²) < 4.78 is 7.09. The molecule has 2 aromatic rings. The van der Waals surface area contributed by atoms with Crippen molar-refractivity contribution in [3.05, 3.63) is 46.3 Å². The van der Waals surface area contributed by atoms with Gasteiger partial charge in [0.2, 0.25) is 0 Å². The highest BCUT2D eigenvalue weighted by molar-refractivity contribution is 6.43. The monoisotopic (exact) mass is 379 g/mol. The van der Waals surface area contributed by atoms with Crippen LogP contribution in [0, 0.1) is 26.2 Å². The quantitative estimate of drug-likeness (QED) is 0.471. The zero-order chi connectivity index (χ0) is 20.4. The number of fused-ring (bicyclic) bond motifs is 1. The van der Waals surface area contributed by atoms with Gasteiger partial charge in [-0.2, -0.15) is 0 Å². The number of nitrogens with zero attached hydrogens (tertiary/aromatic N) is 1. The summed E-state index contributed by atoms with van der Waals surface area (Å²) in [5.74, 6) is 1.22. The van der Waals surface area contributed by atoms with Crippen molar-refractivity contribution in [2.75, 3.05) is 18.5 Å². The predicted octanol–water partition coefficient (Wildman–Crippen LogP) is 1.76. The van der Waals surface area contributed by atoms with Crippen LogP contribution in [0.5, 0.6) is 5.75 Å². The Kier molecular flexibility index (Phi) is 5.23. The van der Waals surface area contributed by atoms with Gasteiger partial charge in [-0.1, -0.05) is 5.92 Å². The predicted molar refractivity (Wildman–Crippen MR) is 105 cm³/mol. The van der Waals surface area contributed by atoms with Gasteiger partial charge in [-0.25, -0.2) is 0 Å². The number of Topliss-reactive ketones (excluding diaryl/α,β-unsaturated/α-hetero) is 1. The number of carbonyl (C=O) groups is 3. The zero-order valence-electron chi connectivity index (χ0n) is 16.0. The van der Waals surface area contributed by atoms with Gasteiger partial charge in [0, 0.05) is 24.8 Å². The first-order valence-electron chi connectivity index (χ1n) is 8.84. The van der Waals surface area contributed by atoms with Crippen molar-refractivity contribution in [1.29, 1.82) is 0 Å². The lowest BCUT2D eigenvalue weighted by Gasteiger charge is -2.09. The van der Waals surface area contributed by atoms with Gasteiger partial charge in [-0.05, 0) is 43.2 Å². The number of hydrogen-bond acceptors (Lipinski definition) is 4. The maximum atomic E-state index is 12.9. The maximum Gasteiger partial charge on any atom is 0.293 e. The van der Waals surface area contributed by atoms with E-state index in [0.717, 1.165) is 17.7 Å². The molecule has 0 bridgehead atoms. The van der Waals surface area contributed by atoms with Crippen molar-refractivity contribution in [3.63, 3.8) is 0 Å². The van der Waals surface area contributed by atoms with E-state index in [1.165, 1.54) is 0 Å². The third-order valence-electron chi connectivity index (χ3n) is 4.88. The Morgan fingerprint density at radius 2 is 2.04 bits per heavy atom. The highest BCUT2D eigenvalue weighted by Gasteiger charge is 2.28. The summed E-state index contributed by atoms with van der Waals surface area (Å²) in [6.07, 6.45) is 5.91. The first-order chi connectivity index (χ1) is 13.3. The van der Waals surface area contributed by atoms with Crippen LogP contribution in [0.4, 0.5) is 5.69 Å². The average molecular weight is 379 g/mol. The fraction of sp³-hybridized carbons (Fsp3) is 0.286. The Labute approximate surface area is 163 Å². The van der Waals surface area contributed by atoms with E-state index in [2.05, 4.69) is 16.6 Å². The fourth-order valence-electron chi connectivity index (χ4n) is 3.41. The van der Waals surface area contributed by atoms with Crippen LogP contribution in [0.2, 0.25) is 0 Å². The molecular weight excluding hydrogens is 358 g/mol. The molecule has 0 unspecified atom stereocenters. The molecule has 7 nitrogen and oxygen atoms in total. The Morgan fingerprint density at radius 3 is 2.75 bits per heavy atom. The molecule has 1 aliphatic rings. The smallest absolute Gasteiger partial charge is 0.293 e. The molecule has 1 aromatic heterocycles. The molecule has 0 saturated carbocycles. The number of terminal acetylenes is 1. The van der Waals surface area contributed by atoms with Crippen LogP contribution < -0.4 is 15.4 Å². The second-order valence-electron chi connectivity index (χ2n) is 6.58. The number of rotatable bonds is 5. The molecule has 0 saturated heterocycles. The minimum atomic E-state index is -0.791. The highest BCUT2D eigenvalue weighted by Crippen LogP contribution is 2.29. The van der Waals surface area contributed by atoms with E-state index in [-0.39, 0.29) is 18.0 Å². The van der Waals surface area contributed by atoms with Crippen LogP contribution in [0.25, 0.3) is 0 Å². The Hall–Kier alpha value is -3.53. The molecule has 0 atom stereocenters. The van der Waals surface area contributed by atoms with Gasteiger partial charge in [0.1, 0.15) is 11.4 Å². The van der Waals surface area contributed by atoms with Gasteiger partial charge in [0.25, 0.3) is 17.6 Å². The molecule has 0 spiro atoms. The standard InChI is InChI=1S/C21H21N3O4/c1-5-9-22-21(27)19(25)17-12(2)18(24(4)13(17)3)20(26)23-15-6-7-16-14(11-15)8-10-28-16/h1,6-7,11H,8-10H2,2-4H3,(H,22,27)(H,23,26). The number of amides is 2. The minimum Gasteiger partial charge on any atom is -0.493 e. The van der Waals surface area contributed by atoms with Gasteiger partial charge in [0.05, 0.1) is 18.7 Å². The summed E-state index contributed by atoms with van der Waals surface area (Å²) in [4.78, 5) is 37.4. The zero-order valence-corrected chi connectivity index (χ0v) is 16.0. The molecule has 3 rings (SSSR count). The fourth-order valence-corrected chi connectivity index (χ4v) is 3.41. The largest absolute Gasteiger partial charge is 0.493 e. The molecule has 1 aromatic carbocycles. The van der Waals surface area contributed by atoms with Crippen molar-refractivity contribution in [2.24, 2.45) is 7.05 Å². The summed E-state index contributed by atoms with van der Waals surface area (Å²) in [6, 6.07) is 5.48. The lowest BCUT2D eigenvalue weighted by atomic mass is 10.0. The first-order valence-corrected chi connectivity index (χ1v) is 8.84. The summed E-state index contributed by atoms with van der Waals surface area (Å²) >= 11 is 0. The number of benzene rings is 1. The van der Waals surface area contributed by atoms with Crippen LogP contribution in [0.3, 0.4) is 0 Å². The number of ether oxygens (including phenoxy) is 1. The van der Waals surface area contributed by atoms with Crippen LogP contribution in [0.15, 0.2) is 18.2 Å². The Bertz CT molecular complexity index is 1030. The van der Waals surface area contributed by atoms with Gasteiger partial charge in [-0.15, -0.1) is 6.42 Å². The number of aromatic nitrogens is 1. The topological polar surface area (TPSA) is 89.4 Å². The second-order valence-corrected chi connectivity index (χ2v) is 6.58. The lowest BCUT2D eigenvalue weighted by molar-refractivity contribution is -0.116. The average Bonchev–Trinajstić information content (AvgIpc) is 3.21. The molecule has 0 radical (unpaired) electrons. The van der Waals surface area contributed by atoms with Crippen molar-refractivity contribution < 1.29 is 19.1 Å². The van der Waals surface area contributed by atoms with Crippen molar-refractivity contribution in [3.8, 4) is 18.1 Å². The molecule has 1 aliphatic heterocycles. The molecule has 2 heterocycles. The Morgan fingerprint density at radius 1 is 1.29 bits per heavy atom. The normalized spacial score (nSPS) is 11.9. The molecule has 0 fully saturated rings. The van der Waals surface area contributed by atoms with Gasteiger partial charge in [0.15, 0.2) is 0 Å². The summed E-state index contributed by atoms with van der Waals surface area (Å²) in [5, 5.41) is 5.22. The van der Waals surface area contributed by atoms with E-state index in [1.54, 1.807) is 31.5 Å². The van der Waals surface area contributed by atoms with Gasteiger partial charge >= 0.3 is 0 Å².